The Balaban J connectivity index is 1.70. The number of hydrogen-bond acceptors (Lipinski definition) is 5. The molecule has 1 aromatic rings. The summed E-state index contributed by atoms with van der Waals surface area (Å²) < 4.78 is 10.5. The minimum atomic E-state index is -0.0889. The van der Waals surface area contributed by atoms with Crippen LogP contribution in [0.4, 0.5) is 0 Å². The summed E-state index contributed by atoms with van der Waals surface area (Å²) in [6, 6.07) is 4.07. The minimum absolute atomic E-state index is 0.0889. The molecule has 1 saturated carbocycles. The highest BCUT2D eigenvalue weighted by Crippen LogP contribution is 2.51. The van der Waals surface area contributed by atoms with Gasteiger partial charge >= 0.3 is 5.97 Å². The molecule has 1 N–H and O–H groups in total. The smallest absolute Gasteiger partial charge is 0.306 e. The Labute approximate surface area is 124 Å². The van der Waals surface area contributed by atoms with Crippen molar-refractivity contribution in [2.24, 2.45) is 5.41 Å². The summed E-state index contributed by atoms with van der Waals surface area (Å²) in [5.74, 6) is 3.78. The van der Waals surface area contributed by atoms with E-state index in [2.05, 4.69) is 12.2 Å². The second-order valence-corrected chi connectivity index (χ2v) is 6.38. The average Bonchev–Trinajstić information content (AvgIpc) is 3.05. The maximum Gasteiger partial charge on any atom is 0.306 e. The van der Waals surface area contributed by atoms with Crippen molar-refractivity contribution in [1.82, 2.24) is 5.32 Å². The molecule has 0 amide bonds. The van der Waals surface area contributed by atoms with Crippen molar-refractivity contribution in [3.8, 4) is 0 Å². The summed E-state index contributed by atoms with van der Waals surface area (Å²) >= 11 is 1.84. The van der Waals surface area contributed by atoms with Crippen molar-refractivity contribution in [1.29, 1.82) is 0 Å². The van der Waals surface area contributed by atoms with Gasteiger partial charge in [0, 0.05) is 0 Å². The summed E-state index contributed by atoms with van der Waals surface area (Å²) in [7, 11) is 1.46. The van der Waals surface area contributed by atoms with Gasteiger partial charge in [-0.3, -0.25) is 4.79 Å². The number of hydrogen-bond donors (Lipinski definition) is 1. The van der Waals surface area contributed by atoms with Crippen LogP contribution >= 0.6 is 11.8 Å². The van der Waals surface area contributed by atoms with Gasteiger partial charge in [0.05, 0.1) is 25.8 Å². The number of methoxy groups -OCH3 is 1. The Morgan fingerprint density at radius 2 is 2.20 bits per heavy atom. The highest BCUT2D eigenvalue weighted by Gasteiger charge is 2.44. The Kier molecular flexibility index (Phi) is 5.54. The predicted molar refractivity (Wildman–Crippen MR) is 80.6 cm³/mol. The Morgan fingerprint density at radius 1 is 1.45 bits per heavy atom. The first kappa shape index (κ1) is 15.4. The summed E-state index contributed by atoms with van der Waals surface area (Å²) in [6.07, 6.45) is 2.83. The van der Waals surface area contributed by atoms with Gasteiger partial charge in [-0.25, -0.2) is 0 Å². The van der Waals surface area contributed by atoms with Crippen LogP contribution in [0.25, 0.3) is 0 Å². The predicted octanol–water partition coefficient (Wildman–Crippen LogP) is 2.97. The zero-order chi connectivity index (χ0) is 14.4. The van der Waals surface area contributed by atoms with Crippen LogP contribution < -0.4 is 5.32 Å². The number of furan rings is 1. The topological polar surface area (TPSA) is 51.5 Å². The third-order valence-corrected chi connectivity index (χ3v) is 4.93. The van der Waals surface area contributed by atoms with Crippen molar-refractivity contribution >= 4 is 17.7 Å². The van der Waals surface area contributed by atoms with Crippen LogP contribution in [0.5, 0.6) is 0 Å². The Bertz CT molecular complexity index is 440. The van der Waals surface area contributed by atoms with Crippen LogP contribution in [0.3, 0.4) is 0 Å². The van der Waals surface area contributed by atoms with E-state index in [9.17, 15) is 4.79 Å². The summed E-state index contributed by atoms with van der Waals surface area (Å²) in [5, 5.41) is 3.24. The fourth-order valence-corrected chi connectivity index (χ4v) is 3.42. The molecular weight excluding hydrogens is 274 g/mol. The molecule has 0 bridgehead atoms. The molecule has 0 aliphatic heterocycles. The number of nitrogens with one attached hydrogen (secondary N) is 1. The van der Waals surface area contributed by atoms with Crippen LogP contribution in [-0.4, -0.2) is 25.4 Å². The highest BCUT2D eigenvalue weighted by atomic mass is 32.2. The lowest BCUT2D eigenvalue weighted by molar-refractivity contribution is -0.141. The molecular formula is C15H23NO3S. The lowest BCUT2D eigenvalue weighted by Crippen LogP contribution is -2.13. The van der Waals surface area contributed by atoms with Gasteiger partial charge in [-0.1, -0.05) is 6.92 Å². The van der Waals surface area contributed by atoms with Crippen LogP contribution in [0.1, 0.15) is 37.7 Å². The third kappa shape index (κ3) is 4.56. The molecule has 2 rings (SSSR count). The quantitative estimate of drug-likeness (QED) is 0.710. The number of ether oxygens (including phenoxy) is 1. The van der Waals surface area contributed by atoms with Gasteiger partial charge in [0.1, 0.15) is 11.5 Å². The minimum Gasteiger partial charge on any atom is -0.469 e. The Morgan fingerprint density at radius 3 is 2.85 bits per heavy atom. The first-order valence-corrected chi connectivity index (χ1v) is 8.26. The fraction of sp³-hybridized carbons (Fsp3) is 0.667. The van der Waals surface area contributed by atoms with E-state index in [1.54, 1.807) is 0 Å². The van der Waals surface area contributed by atoms with Gasteiger partial charge in [-0.05, 0) is 42.7 Å². The van der Waals surface area contributed by atoms with E-state index in [-0.39, 0.29) is 11.4 Å². The van der Waals surface area contributed by atoms with Crippen LogP contribution in [0, 0.1) is 5.41 Å². The van der Waals surface area contributed by atoms with Crippen molar-refractivity contribution in [2.45, 2.75) is 38.5 Å². The van der Waals surface area contributed by atoms with E-state index in [4.69, 9.17) is 9.15 Å². The number of thioether (sulfide) groups is 1. The fourth-order valence-electron chi connectivity index (χ4n) is 2.14. The van der Waals surface area contributed by atoms with Gasteiger partial charge in [0.25, 0.3) is 0 Å². The van der Waals surface area contributed by atoms with Gasteiger partial charge < -0.3 is 14.5 Å². The molecule has 0 unspecified atom stereocenters. The second-order valence-electron chi connectivity index (χ2n) is 5.39. The molecule has 0 aromatic carbocycles. The number of carbonyl (C=O) groups is 1. The van der Waals surface area contributed by atoms with Crippen LogP contribution in [0.15, 0.2) is 16.5 Å². The van der Waals surface area contributed by atoms with Gasteiger partial charge in [0.2, 0.25) is 0 Å². The zero-order valence-corrected chi connectivity index (χ0v) is 13.1. The molecule has 0 radical (unpaired) electrons. The molecule has 112 valence electrons. The second kappa shape index (κ2) is 7.18. The van der Waals surface area contributed by atoms with Gasteiger partial charge in [-0.15, -0.1) is 0 Å². The molecule has 20 heavy (non-hydrogen) atoms. The zero-order valence-electron chi connectivity index (χ0n) is 12.2. The number of esters is 1. The lowest BCUT2D eigenvalue weighted by atomic mass is 10.1. The molecule has 5 heteroatoms. The summed E-state index contributed by atoms with van der Waals surface area (Å²) in [5.41, 5.74) is 0.191. The van der Waals surface area contributed by atoms with Crippen molar-refractivity contribution < 1.29 is 13.9 Å². The molecule has 1 heterocycles. The van der Waals surface area contributed by atoms with Crippen LogP contribution in [0.2, 0.25) is 0 Å². The largest absolute Gasteiger partial charge is 0.469 e. The standard InChI is InChI=1S/C15H23NO3S/c1-3-16-9-12-4-5-13(19-12)10-20-11-15(6-7-15)8-14(17)18-2/h4-5,16H,3,6-11H2,1-2H3. The Hall–Kier alpha value is -0.940. The van der Waals surface area contributed by atoms with E-state index >= 15 is 0 Å². The molecule has 0 saturated heterocycles. The molecule has 0 atom stereocenters. The molecule has 4 nitrogen and oxygen atoms in total. The van der Waals surface area contributed by atoms with Gasteiger partial charge in [0.15, 0.2) is 0 Å². The van der Waals surface area contributed by atoms with Crippen molar-refractivity contribution in [3.05, 3.63) is 23.7 Å². The van der Waals surface area contributed by atoms with E-state index in [0.29, 0.717) is 6.42 Å². The molecule has 1 aliphatic rings. The van der Waals surface area contributed by atoms with Crippen molar-refractivity contribution in [2.75, 3.05) is 19.4 Å². The maximum absolute atomic E-state index is 11.3. The maximum atomic E-state index is 11.3. The van der Waals surface area contributed by atoms with E-state index in [1.807, 2.05) is 23.9 Å². The number of carbonyl (C=O) groups excluding carboxylic acids is 1. The first-order valence-electron chi connectivity index (χ1n) is 7.10. The van der Waals surface area contributed by atoms with E-state index < -0.39 is 0 Å². The molecule has 1 fully saturated rings. The van der Waals surface area contributed by atoms with E-state index in [0.717, 1.165) is 49.0 Å². The average molecular weight is 297 g/mol. The highest BCUT2D eigenvalue weighted by molar-refractivity contribution is 7.98. The summed E-state index contributed by atoms with van der Waals surface area (Å²) in [6.45, 7) is 3.81. The van der Waals surface area contributed by atoms with Gasteiger partial charge in [-0.2, -0.15) is 11.8 Å². The summed E-state index contributed by atoms with van der Waals surface area (Å²) in [4.78, 5) is 11.3. The normalized spacial score (nSPS) is 16.1. The molecule has 1 aromatic heterocycles. The molecule has 1 aliphatic carbocycles. The number of rotatable bonds is 9. The first-order chi connectivity index (χ1) is 9.67. The SMILES string of the molecule is CCNCc1ccc(CSCC2(CC(=O)OC)CC2)o1. The van der Waals surface area contributed by atoms with Crippen LogP contribution in [-0.2, 0) is 21.8 Å². The third-order valence-electron chi connectivity index (χ3n) is 3.62. The molecule has 0 spiro atoms. The van der Waals surface area contributed by atoms with Crippen molar-refractivity contribution in [3.63, 3.8) is 0 Å². The monoisotopic (exact) mass is 297 g/mol. The van der Waals surface area contributed by atoms with E-state index in [1.165, 1.54) is 7.11 Å². The lowest BCUT2D eigenvalue weighted by Gasteiger charge is -2.12.